The molecule has 1 saturated heterocycles. The molecular formula is C18H23N3O4S. The fourth-order valence-corrected chi connectivity index (χ4v) is 3.29. The van der Waals surface area contributed by atoms with Gasteiger partial charge in [0.2, 0.25) is 17.7 Å². The number of nitrogens with zero attached hydrogens (tertiary/aromatic N) is 1. The Bertz CT molecular complexity index is 662. The Kier molecular flexibility index (Phi) is 7.20. The lowest BCUT2D eigenvalue weighted by Gasteiger charge is -2.22. The van der Waals surface area contributed by atoms with Gasteiger partial charge in [0.25, 0.3) is 5.24 Å². The predicted molar refractivity (Wildman–Crippen MR) is 99.5 cm³/mol. The van der Waals surface area contributed by atoms with Crippen molar-refractivity contribution >= 4 is 34.7 Å². The highest BCUT2D eigenvalue weighted by Gasteiger charge is 2.30. The van der Waals surface area contributed by atoms with E-state index in [4.69, 9.17) is 0 Å². The number of imide groups is 1. The van der Waals surface area contributed by atoms with Crippen molar-refractivity contribution in [1.82, 2.24) is 15.5 Å². The molecule has 0 aliphatic carbocycles. The molecule has 140 valence electrons. The summed E-state index contributed by atoms with van der Waals surface area (Å²) < 4.78 is 0. The van der Waals surface area contributed by atoms with Gasteiger partial charge in [-0.15, -0.1) is 0 Å². The zero-order valence-electron chi connectivity index (χ0n) is 14.9. The topological polar surface area (TPSA) is 95.6 Å². The SMILES string of the molecule is CC(C)C(NC(=O)Cc1ccccc1)C(=O)NCCN1C(=O)CSC1=O. The number of hydrogen-bond donors (Lipinski definition) is 2. The van der Waals surface area contributed by atoms with E-state index in [-0.39, 0.29) is 54.1 Å². The van der Waals surface area contributed by atoms with E-state index in [9.17, 15) is 19.2 Å². The molecule has 7 nitrogen and oxygen atoms in total. The zero-order valence-corrected chi connectivity index (χ0v) is 15.7. The average molecular weight is 377 g/mol. The molecule has 1 unspecified atom stereocenters. The molecule has 26 heavy (non-hydrogen) atoms. The molecule has 0 bridgehead atoms. The number of hydrogen-bond acceptors (Lipinski definition) is 5. The largest absolute Gasteiger partial charge is 0.353 e. The van der Waals surface area contributed by atoms with Gasteiger partial charge in [0.05, 0.1) is 12.2 Å². The third-order valence-corrected chi connectivity index (χ3v) is 4.81. The summed E-state index contributed by atoms with van der Waals surface area (Å²) in [6.45, 7) is 3.99. The van der Waals surface area contributed by atoms with Crippen LogP contribution in [0.15, 0.2) is 30.3 Å². The van der Waals surface area contributed by atoms with Crippen LogP contribution >= 0.6 is 11.8 Å². The third-order valence-electron chi connectivity index (χ3n) is 3.95. The first-order valence-corrected chi connectivity index (χ1v) is 9.45. The standard InChI is InChI=1S/C18H23N3O4S/c1-12(2)16(20-14(22)10-13-6-4-3-5-7-13)17(24)19-8-9-21-15(23)11-26-18(21)25/h3-7,12,16H,8-11H2,1-2H3,(H,19,24)(H,20,22). The molecule has 8 heteroatoms. The number of benzene rings is 1. The Morgan fingerprint density at radius 3 is 2.46 bits per heavy atom. The lowest BCUT2D eigenvalue weighted by atomic mass is 10.0. The summed E-state index contributed by atoms with van der Waals surface area (Å²) in [5.41, 5.74) is 0.872. The highest BCUT2D eigenvalue weighted by atomic mass is 32.2. The fraction of sp³-hybridized carbons (Fsp3) is 0.444. The minimum absolute atomic E-state index is 0.0969. The van der Waals surface area contributed by atoms with Crippen LogP contribution in [-0.2, 0) is 20.8 Å². The molecule has 0 radical (unpaired) electrons. The summed E-state index contributed by atoms with van der Waals surface area (Å²) in [5.74, 6) is -0.748. The van der Waals surface area contributed by atoms with E-state index < -0.39 is 6.04 Å². The quantitative estimate of drug-likeness (QED) is 0.709. The van der Waals surface area contributed by atoms with Crippen molar-refractivity contribution in [3.8, 4) is 0 Å². The average Bonchev–Trinajstić information content (AvgIpc) is 2.92. The molecule has 4 amide bonds. The van der Waals surface area contributed by atoms with Crippen LogP contribution in [0.1, 0.15) is 19.4 Å². The fourth-order valence-electron chi connectivity index (χ4n) is 2.54. The molecule has 1 fully saturated rings. The maximum Gasteiger partial charge on any atom is 0.288 e. The van der Waals surface area contributed by atoms with E-state index in [1.807, 2.05) is 44.2 Å². The molecule has 1 heterocycles. The Balaban J connectivity index is 1.83. The van der Waals surface area contributed by atoms with E-state index in [0.29, 0.717) is 0 Å². The Morgan fingerprint density at radius 1 is 1.19 bits per heavy atom. The molecular weight excluding hydrogens is 354 g/mol. The Labute approximate surface area is 156 Å². The first-order valence-electron chi connectivity index (χ1n) is 8.46. The summed E-state index contributed by atoms with van der Waals surface area (Å²) in [7, 11) is 0. The van der Waals surface area contributed by atoms with Crippen molar-refractivity contribution in [2.45, 2.75) is 26.3 Å². The Hall–Kier alpha value is -2.35. The molecule has 1 aromatic carbocycles. The summed E-state index contributed by atoms with van der Waals surface area (Å²) >= 11 is 0.961. The van der Waals surface area contributed by atoms with Gasteiger partial charge in [-0.25, -0.2) is 0 Å². The minimum atomic E-state index is -0.675. The van der Waals surface area contributed by atoms with Crippen LogP contribution in [-0.4, -0.2) is 52.7 Å². The molecule has 1 atom stereocenters. The lowest BCUT2D eigenvalue weighted by Crippen LogP contribution is -2.51. The van der Waals surface area contributed by atoms with Gasteiger partial charge in [-0.3, -0.25) is 24.1 Å². The number of rotatable bonds is 8. The van der Waals surface area contributed by atoms with E-state index in [2.05, 4.69) is 10.6 Å². The van der Waals surface area contributed by atoms with Crippen molar-refractivity contribution in [2.24, 2.45) is 5.92 Å². The molecule has 0 aromatic heterocycles. The van der Waals surface area contributed by atoms with Gasteiger partial charge < -0.3 is 10.6 Å². The molecule has 1 aromatic rings. The number of thioether (sulfide) groups is 1. The normalized spacial score (nSPS) is 15.3. The summed E-state index contributed by atoms with van der Waals surface area (Å²) in [6, 6.07) is 8.62. The van der Waals surface area contributed by atoms with E-state index in [1.165, 1.54) is 0 Å². The van der Waals surface area contributed by atoms with Gasteiger partial charge in [0.1, 0.15) is 6.04 Å². The highest BCUT2D eigenvalue weighted by molar-refractivity contribution is 8.14. The summed E-state index contributed by atoms with van der Waals surface area (Å²) in [6.07, 6.45) is 0.200. The molecule has 1 aliphatic rings. The number of carbonyl (C=O) groups is 4. The molecule has 1 aliphatic heterocycles. The van der Waals surface area contributed by atoms with Gasteiger partial charge >= 0.3 is 0 Å². The second kappa shape index (κ2) is 9.38. The van der Waals surface area contributed by atoms with E-state index >= 15 is 0 Å². The zero-order chi connectivity index (χ0) is 19.1. The van der Waals surface area contributed by atoms with E-state index in [0.717, 1.165) is 22.2 Å². The molecule has 2 N–H and O–H groups in total. The van der Waals surface area contributed by atoms with Crippen molar-refractivity contribution < 1.29 is 19.2 Å². The van der Waals surface area contributed by atoms with Crippen molar-refractivity contribution in [3.05, 3.63) is 35.9 Å². The second-order valence-electron chi connectivity index (χ2n) is 6.34. The maximum atomic E-state index is 12.4. The van der Waals surface area contributed by atoms with Crippen LogP contribution in [0.5, 0.6) is 0 Å². The summed E-state index contributed by atoms with van der Waals surface area (Å²) in [5, 5.41) is 5.16. The first kappa shape index (κ1) is 20.0. The molecule has 2 rings (SSSR count). The van der Waals surface area contributed by atoms with Crippen molar-refractivity contribution in [2.75, 3.05) is 18.8 Å². The third kappa shape index (κ3) is 5.59. The molecule has 0 spiro atoms. The number of carbonyl (C=O) groups excluding carboxylic acids is 4. The highest BCUT2D eigenvalue weighted by Crippen LogP contribution is 2.17. The van der Waals surface area contributed by atoms with Crippen LogP contribution in [0.3, 0.4) is 0 Å². The predicted octanol–water partition coefficient (Wildman–Crippen LogP) is 1.18. The Morgan fingerprint density at radius 2 is 1.88 bits per heavy atom. The minimum Gasteiger partial charge on any atom is -0.353 e. The monoisotopic (exact) mass is 377 g/mol. The van der Waals surface area contributed by atoms with Crippen LogP contribution in [0.25, 0.3) is 0 Å². The van der Waals surface area contributed by atoms with Crippen molar-refractivity contribution in [3.63, 3.8) is 0 Å². The smallest absolute Gasteiger partial charge is 0.288 e. The van der Waals surface area contributed by atoms with Crippen LogP contribution in [0.2, 0.25) is 0 Å². The van der Waals surface area contributed by atoms with Crippen LogP contribution in [0.4, 0.5) is 4.79 Å². The molecule has 0 saturated carbocycles. The number of amides is 4. The van der Waals surface area contributed by atoms with Gasteiger partial charge in [0.15, 0.2) is 0 Å². The van der Waals surface area contributed by atoms with Gasteiger partial charge in [-0.05, 0) is 11.5 Å². The second-order valence-corrected chi connectivity index (χ2v) is 7.27. The van der Waals surface area contributed by atoms with Gasteiger partial charge in [-0.1, -0.05) is 55.9 Å². The number of nitrogens with one attached hydrogen (secondary N) is 2. The lowest BCUT2D eigenvalue weighted by molar-refractivity contribution is -0.130. The van der Waals surface area contributed by atoms with Crippen molar-refractivity contribution in [1.29, 1.82) is 0 Å². The van der Waals surface area contributed by atoms with Gasteiger partial charge in [0, 0.05) is 13.1 Å². The van der Waals surface area contributed by atoms with Gasteiger partial charge in [-0.2, -0.15) is 0 Å². The maximum absolute atomic E-state index is 12.4. The summed E-state index contributed by atoms with van der Waals surface area (Å²) in [4.78, 5) is 48.8. The van der Waals surface area contributed by atoms with Crippen LogP contribution in [0, 0.1) is 5.92 Å². The van der Waals surface area contributed by atoms with Crippen LogP contribution < -0.4 is 10.6 Å². The first-order chi connectivity index (χ1) is 12.4. The van der Waals surface area contributed by atoms with E-state index in [1.54, 1.807) is 0 Å².